The van der Waals surface area contributed by atoms with Crippen LogP contribution in [0.2, 0.25) is 10.0 Å². The van der Waals surface area contributed by atoms with Crippen molar-refractivity contribution in [2.24, 2.45) is 0 Å². The van der Waals surface area contributed by atoms with Crippen LogP contribution in [0.15, 0.2) is 22.7 Å². The van der Waals surface area contributed by atoms with E-state index in [-0.39, 0.29) is 0 Å². The fraction of sp³-hybridized carbons (Fsp3) is 0.312. The van der Waals surface area contributed by atoms with Crippen molar-refractivity contribution < 1.29 is 4.52 Å². The van der Waals surface area contributed by atoms with Crippen LogP contribution in [0.4, 0.5) is 5.82 Å². The third-order valence-electron chi connectivity index (χ3n) is 3.66. The van der Waals surface area contributed by atoms with Gasteiger partial charge >= 0.3 is 0 Å². The van der Waals surface area contributed by atoms with E-state index in [1.807, 2.05) is 13.0 Å². The smallest absolute Gasteiger partial charge is 0.228 e. The zero-order valence-electron chi connectivity index (χ0n) is 13.1. The Labute approximate surface area is 144 Å². The molecule has 0 aliphatic carbocycles. The number of benzene rings is 1. The van der Waals surface area contributed by atoms with Crippen molar-refractivity contribution in [3.05, 3.63) is 34.1 Å². The molecule has 0 bridgehead atoms. The Bertz CT molecular complexity index is 859. The van der Waals surface area contributed by atoms with E-state index in [2.05, 4.69) is 33.9 Å². The van der Waals surface area contributed by atoms with Crippen molar-refractivity contribution >= 4 is 40.1 Å². The summed E-state index contributed by atoms with van der Waals surface area (Å²) in [5.41, 5.74) is 2.56. The minimum absolute atomic E-state index is 0.508. The van der Waals surface area contributed by atoms with E-state index in [9.17, 15) is 0 Å². The van der Waals surface area contributed by atoms with Crippen LogP contribution < -0.4 is 4.90 Å². The summed E-state index contributed by atoms with van der Waals surface area (Å²) in [6, 6.07) is 5.26. The third kappa shape index (κ3) is 2.86. The lowest BCUT2D eigenvalue weighted by molar-refractivity contribution is 0.458. The first-order chi connectivity index (χ1) is 11.0. The van der Waals surface area contributed by atoms with Crippen molar-refractivity contribution in [2.45, 2.75) is 20.8 Å². The number of halogens is 2. The molecule has 0 unspecified atom stereocenters. The van der Waals surface area contributed by atoms with Gasteiger partial charge in [-0.3, -0.25) is 0 Å². The lowest BCUT2D eigenvalue weighted by Crippen LogP contribution is -2.23. The van der Waals surface area contributed by atoms with Gasteiger partial charge in [0.1, 0.15) is 17.0 Å². The van der Waals surface area contributed by atoms with Gasteiger partial charge in [0.25, 0.3) is 0 Å². The molecule has 0 atom stereocenters. The molecule has 0 amide bonds. The van der Waals surface area contributed by atoms with E-state index < -0.39 is 0 Å². The zero-order valence-corrected chi connectivity index (χ0v) is 14.6. The SMILES string of the molecule is CCN(CC)c1nc(C)nc2c(-c3ccc(Cl)cc3Cl)noc12. The highest BCUT2D eigenvalue weighted by Gasteiger charge is 2.21. The summed E-state index contributed by atoms with van der Waals surface area (Å²) in [4.78, 5) is 11.1. The Balaban J connectivity index is 2.25. The van der Waals surface area contributed by atoms with Crippen molar-refractivity contribution in [1.29, 1.82) is 0 Å². The minimum atomic E-state index is 0.508. The van der Waals surface area contributed by atoms with Gasteiger partial charge in [0, 0.05) is 23.7 Å². The molecule has 2 heterocycles. The number of aryl methyl sites for hydroxylation is 1. The van der Waals surface area contributed by atoms with Gasteiger partial charge in [0.2, 0.25) is 5.58 Å². The second-order valence-electron chi connectivity index (χ2n) is 5.10. The molecule has 3 rings (SSSR count). The molecule has 3 aromatic rings. The quantitative estimate of drug-likeness (QED) is 0.679. The first kappa shape index (κ1) is 16.0. The van der Waals surface area contributed by atoms with Gasteiger partial charge in [-0.1, -0.05) is 28.4 Å². The summed E-state index contributed by atoms with van der Waals surface area (Å²) >= 11 is 12.3. The number of aromatic nitrogens is 3. The summed E-state index contributed by atoms with van der Waals surface area (Å²) in [6.07, 6.45) is 0. The fourth-order valence-corrected chi connectivity index (χ4v) is 3.02. The van der Waals surface area contributed by atoms with Crippen LogP contribution in [-0.4, -0.2) is 28.2 Å². The van der Waals surface area contributed by atoms with Crippen LogP contribution in [0, 0.1) is 6.92 Å². The van der Waals surface area contributed by atoms with Gasteiger partial charge in [-0.15, -0.1) is 0 Å². The monoisotopic (exact) mass is 350 g/mol. The number of rotatable bonds is 4. The van der Waals surface area contributed by atoms with Crippen molar-refractivity contribution in [3.63, 3.8) is 0 Å². The molecule has 0 fully saturated rings. The van der Waals surface area contributed by atoms with Crippen LogP contribution in [0.25, 0.3) is 22.4 Å². The highest BCUT2D eigenvalue weighted by molar-refractivity contribution is 6.36. The number of fused-ring (bicyclic) bond motifs is 1. The molecule has 23 heavy (non-hydrogen) atoms. The normalized spacial score (nSPS) is 11.2. The molecule has 5 nitrogen and oxygen atoms in total. The molecule has 1 aromatic carbocycles. The molecule has 7 heteroatoms. The first-order valence-corrected chi connectivity index (χ1v) is 8.15. The van der Waals surface area contributed by atoms with Crippen LogP contribution in [0.1, 0.15) is 19.7 Å². The van der Waals surface area contributed by atoms with Crippen LogP contribution in [0.5, 0.6) is 0 Å². The maximum absolute atomic E-state index is 6.30. The van der Waals surface area contributed by atoms with E-state index in [1.54, 1.807) is 12.1 Å². The van der Waals surface area contributed by atoms with Crippen molar-refractivity contribution in [2.75, 3.05) is 18.0 Å². The van der Waals surface area contributed by atoms with E-state index in [0.717, 1.165) is 24.5 Å². The van der Waals surface area contributed by atoms with Crippen molar-refractivity contribution in [1.82, 2.24) is 15.1 Å². The largest absolute Gasteiger partial charge is 0.354 e. The first-order valence-electron chi connectivity index (χ1n) is 7.39. The standard InChI is InChI=1S/C16H16Cl2N4O/c1-4-22(5-2)16-15-14(19-9(3)20-16)13(21-23-15)11-7-6-10(17)8-12(11)18/h6-8H,4-5H2,1-3H3. The van der Waals surface area contributed by atoms with Gasteiger partial charge < -0.3 is 9.42 Å². The predicted octanol–water partition coefficient (Wildman–Crippen LogP) is 4.75. The van der Waals surface area contributed by atoms with Gasteiger partial charge in [-0.05, 0) is 39.0 Å². The average molecular weight is 351 g/mol. The van der Waals surface area contributed by atoms with Crippen LogP contribution in [0.3, 0.4) is 0 Å². The van der Waals surface area contributed by atoms with Crippen LogP contribution >= 0.6 is 23.2 Å². The summed E-state index contributed by atoms with van der Waals surface area (Å²) in [5.74, 6) is 1.41. The maximum Gasteiger partial charge on any atom is 0.228 e. The Morgan fingerprint density at radius 1 is 1.13 bits per heavy atom. The predicted molar refractivity (Wildman–Crippen MR) is 93.4 cm³/mol. The molecule has 0 aliphatic heterocycles. The minimum Gasteiger partial charge on any atom is -0.354 e. The fourth-order valence-electron chi connectivity index (χ4n) is 2.52. The lowest BCUT2D eigenvalue weighted by atomic mass is 10.1. The third-order valence-corrected chi connectivity index (χ3v) is 4.21. The average Bonchev–Trinajstić information content (AvgIpc) is 2.92. The second-order valence-corrected chi connectivity index (χ2v) is 5.94. The summed E-state index contributed by atoms with van der Waals surface area (Å²) < 4.78 is 5.55. The van der Waals surface area contributed by atoms with Gasteiger partial charge in [-0.25, -0.2) is 9.97 Å². The molecular formula is C16H16Cl2N4O. The van der Waals surface area contributed by atoms with E-state index in [0.29, 0.717) is 32.7 Å². The Morgan fingerprint density at radius 2 is 1.87 bits per heavy atom. The van der Waals surface area contributed by atoms with Crippen molar-refractivity contribution in [3.8, 4) is 11.3 Å². The summed E-state index contributed by atoms with van der Waals surface area (Å²) in [6.45, 7) is 7.63. The van der Waals surface area contributed by atoms with Gasteiger partial charge in [0.15, 0.2) is 5.82 Å². The Hall–Kier alpha value is -1.85. The van der Waals surface area contributed by atoms with Gasteiger partial charge in [0.05, 0.1) is 5.02 Å². The second kappa shape index (κ2) is 6.34. The van der Waals surface area contributed by atoms with Crippen LogP contribution in [-0.2, 0) is 0 Å². The summed E-state index contributed by atoms with van der Waals surface area (Å²) in [5, 5.41) is 5.26. The molecule has 0 radical (unpaired) electrons. The molecule has 0 saturated carbocycles. The number of hydrogen-bond donors (Lipinski definition) is 0. The molecule has 0 spiro atoms. The lowest BCUT2D eigenvalue weighted by Gasteiger charge is -2.19. The van der Waals surface area contributed by atoms with E-state index in [1.165, 1.54) is 0 Å². The Kier molecular flexibility index (Phi) is 4.41. The van der Waals surface area contributed by atoms with Gasteiger partial charge in [-0.2, -0.15) is 0 Å². The highest BCUT2D eigenvalue weighted by atomic mass is 35.5. The van der Waals surface area contributed by atoms with E-state index >= 15 is 0 Å². The zero-order chi connectivity index (χ0) is 16.6. The number of nitrogens with zero attached hydrogens (tertiary/aromatic N) is 4. The summed E-state index contributed by atoms with van der Waals surface area (Å²) in [7, 11) is 0. The van der Waals surface area contributed by atoms with E-state index in [4.69, 9.17) is 27.7 Å². The number of anilines is 1. The molecule has 0 N–H and O–H groups in total. The maximum atomic E-state index is 6.30. The molecular weight excluding hydrogens is 335 g/mol. The molecule has 0 aliphatic rings. The molecule has 2 aromatic heterocycles. The topological polar surface area (TPSA) is 55.1 Å². The number of hydrogen-bond acceptors (Lipinski definition) is 5. The molecule has 0 saturated heterocycles. The molecule has 120 valence electrons. The highest BCUT2D eigenvalue weighted by Crippen LogP contribution is 2.36. The Morgan fingerprint density at radius 3 is 2.52 bits per heavy atom.